The summed E-state index contributed by atoms with van der Waals surface area (Å²) < 4.78 is 12.3. The summed E-state index contributed by atoms with van der Waals surface area (Å²) in [6.45, 7) is 9.25. The molecule has 2 saturated heterocycles. The van der Waals surface area contributed by atoms with Gasteiger partial charge in [0.05, 0.1) is 32.1 Å². The minimum atomic E-state index is 0. The van der Waals surface area contributed by atoms with Crippen LogP contribution in [-0.4, -0.2) is 88.1 Å². The van der Waals surface area contributed by atoms with Gasteiger partial charge in [0.2, 0.25) is 17.8 Å². The van der Waals surface area contributed by atoms with E-state index in [9.17, 15) is 0 Å². The Bertz CT molecular complexity index is 1170. The number of anilines is 5. The van der Waals surface area contributed by atoms with Crippen LogP contribution in [0.1, 0.15) is 18.3 Å². The lowest BCUT2D eigenvalue weighted by Gasteiger charge is -2.30. The van der Waals surface area contributed by atoms with Crippen molar-refractivity contribution >= 4 is 47.6 Å². The third-order valence-corrected chi connectivity index (χ3v) is 5.95. The van der Waals surface area contributed by atoms with Crippen molar-refractivity contribution in [1.82, 2.24) is 29.8 Å². The smallest absolute Gasteiger partial charge is 0.263 e. The van der Waals surface area contributed by atoms with Crippen molar-refractivity contribution in [2.75, 3.05) is 79.0 Å². The molecule has 15 heteroatoms. The molecule has 5 rings (SSSR count). The van der Waals surface area contributed by atoms with E-state index in [0.717, 1.165) is 43.1 Å². The molecule has 1 aromatic carbocycles. The quantitative estimate of drug-likeness (QED) is 0.228. The number of nitrogens with two attached hydrogens (primary N) is 1. The number of halogens is 1. The summed E-state index contributed by atoms with van der Waals surface area (Å²) in [5.41, 5.74) is 5.40. The van der Waals surface area contributed by atoms with Crippen molar-refractivity contribution in [3.05, 3.63) is 35.7 Å². The first-order valence-corrected chi connectivity index (χ1v) is 11.8. The Labute approximate surface area is 220 Å². The molecule has 0 amide bonds. The van der Waals surface area contributed by atoms with E-state index in [4.69, 9.17) is 30.3 Å². The molecule has 2 aliphatic rings. The topological polar surface area (TPSA) is 157 Å². The Hall–Kier alpha value is -3.75. The fraction of sp³-hybridized carbons (Fsp3) is 0.455. The monoisotopic (exact) mass is 530 g/mol. The predicted octanol–water partition coefficient (Wildman–Crippen LogP) is 1.16. The highest BCUT2D eigenvalue weighted by Crippen LogP contribution is 2.21. The van der Waals surface area contributed by atoms with Gasteiger partial charge in [-0.2, -0.15) is 20.1 Å². The normalized spacial score (nSPS) is 16.3. The number of morpholine rings is 2. The van der Waals surface area contributed by atoms with Crippen molar-refractivity contribution < 1.29 is 9.47 Å². The van der Waals surface area contributed by atoms with Crippen LogP contribution in [0.3, 0.4) is 0 Å². The Morgan fingerprint density at radius 3 is 1.97 bits per heavy atom. The van der Waals surface area contributed by atoms with Gasteiger partial charge >= 0.3 is 0 Å². The molecule has 0 aliphatic carbocycles. The zero-order valence-electron chi connectivity index (χ0n) is 20.8. The van der Waals surface area contributed by atoms with Crippen LogP contribution < -0.4 is 26.4 Å². The molecule has 0 saturated carbocycles. The molecule has 37 heavy (non-hydrogen) atoms. The van der Waals surface area contributed by atoms with Crippen LogP contribution in [0.4, 0.5) is 29.5 Å². The largest absolute Gasteiger partial charge is 0.378 e. The van der Waals surface area contributed by atoms with Gasteiger partial charge in [-0.05, 0) is 31.5 Å². The summed E-state index contributed by atoms with van der Waals surface area (Å²) >= 11 is 0. The van der Waals surface area contributed by atoms with E-state index in [2.05, 4.69) is 35.8 Å². The zero-order valence-corrected chi connectivity index (χ0v) is 21.6. The molecular weight excluding hydrogens is 500 g/mol. The summed E-state index contributed by atoms with van der Waals surface area (Å²) in [6.07, 6.45) is 0. The Morgan fingerprint density at radius 2 is 1.46 bits per heavy atom. The predicted molar refractivity (Wildman–Crippen MR) is 144 cm³/mol. The van der Waals surface area contributed by atoms with Crippen LogP contribution in [0.15, 0.2) is 29.4 Å². The van der Waals surface area contributed by atoms with Gasteiger partial charge in [0.15, 0.2) is 5.82 Å². The molecular formula is C22H31ClN12O2. The van der Waals surface area contributed by atoms with E-state index in [1.807, 2.05) is 31.2 Å². The molecule has 2 aromatic heterocycles. The molecule has 0 unspecified atom stereocenters. The summed E-state index contributed by atoms with van der Waals surface area (Å²) in [5.74, 6) is 8.59. The highest BCUT2D eigenvalue weighted by Gasteiger charge is 2.20. The third-order valence-electron chi connectivity index (χ3n) is 5.95. The number of hydrogen-bond acceptors (Lipinski definition) is 13. The maximum atomic E-state index is 5.85. The van der Waals surface area contributed by atoms with Crippen molar-refractivity contribution in [2.45, 2.75) is 13.8 Å². The Morgan fingerprint density at radius 1 is 0.892 bits per heavy atom. The Balaban J connectivity index is 0.00000320. The molecule has 2 aliphatic heterocycles. The number of nitrogen functional groups attached to an aromatic ring is 1. The van der Waals surface area contributed by atoms with Crippen LogP contribution in [0, 0.1) is 6.92 Å². The molecule has 0 atom stereocenters. The van der Waals surface area contributed by atoms with Gasteiger partial charge in [0.25, 0.3) is 5.95 Å². The minimum absolute atomic E-state index is 0. The molecule has 4 N–H and O–H groups in total. The van der Waals surface area contributed by atoms with Crippen LogP contribution in [-0.2, 0) is 9.47 Å². The van der Waals surface area contributed by atoms with Crippen molar-refractivity contribution in [1.29, 1.82) is 0 Å². The van der Waals surface area contributed by atoms with E-state index in [1.165, 1.54) is 4.68 Å². The first-order chi connectivity index (χ1) is 17.6. The highest BCUT2D eigenvalue weighted by molar-refractivity contribution is 5.99. The maximum Gasteiger partial charge on any atom is 0.263 e. The minimum Gasteiger partial charge on any atom is -0.378 e. The van der Waals surface area contributed by atoms with E-state index in [-0.39, 0.29) is 12.4 Å². The third kappa shape index (κ3) is 6.34. The van der Waals surface area contributed by atoms with Crippen LogP contribution in [0.2, 0.25) is 0 Å². The van der Waals surface area contributed by atoms with Gasteiger partial charge in [-0.25, -0.2) is 10.1 Å². The molecule has 198 valence electrons. The van der Waals surface area contributed by atoms with E-state index in [0.29, 0.717) is 56.0 Å². The SMILES string of the molecule is CC(=NNc1nnc(C)n1N)c1ccc(Nc2nc(N3CCOCC3)nc(N3CCOCC3)n2)cc1.Cl. The molecule has 4 heterocycles. The summed E-state index contributed by atoms with van der Waals surface area (Å²) in [6, 6.07) is 7.84. The van der Waals surface area contributed by atoms with Crippen molar-refractivity contribution in [3.8, 4) is 0 Å². The fourth-order valence-corrected chi connectivity index (χ4v) is 3.79. The van der Waals surface area contributed by atoms with Gasteiger partial charge in [-0.3, -0.25) is 0 Å². The average Bonchev–Trinajstić information content (AvgIpc) is 3.25. The molecule has 0 radical (unpaired) electrons. The van der Waals surface area contributed by atoms with Crippen molar-refractivity contribution in [3.63, 3.8) is 0 Å². The van der Waals surface area contributed by atoms with Gasteiger partial charge in [0.1, 0.15) is 0 Å². The van der Waals surface area contributed by atoms with Gasteiger partial charge < -0.3 is 30.4 Å². The van der Waals surface area contributed by atoms with Crippen LogP contribution in [0.25, 0.3) is 0 Å². The first kappa shape index (κ1) is 26.3. The first-order valence-electron chi connectivity index (χ1n) is 11.8. The summed E-state index contributed by atoms with van der Waals surface area (Å²) in [7, 11) is 0. The van der Waals surface area contributed by atoms with Crippen LogP contribution in [0.5, 0.6) is 0 Å². The number of benzene rings is 1. The Kier molecular flexibility index (Phi) is 8.53. The number of ether oxygens (including phenoxy) is 2. The molecule has 0 spiro atoms. The number of hydrazone groups is 1. The maximum absolute atomic E-state index is 5.85. The lowest BCUT2D eigenvalue weighted by atomic mass is 10.1. The summed E-state index contributed by atoms with van der Waals surface area (Å²) in [4.78, 5) is 18.4. The number of aromatic nitrogens is 6. The van der Waals surface area contributed by atoms with E-state index < -0.39 is 0 Å². The number of aryl methyl sites for hydroxylation is 1. The summed E-state index contributed by atoms with van der Waals surface area (Å²) in [5, 5.41) is 15.5. The molecule has 0 bridgehead atoms. The molecule has 3 aromatic rings. The fourth-order valence-electron chi connectivity index (χ4n) is 3.79. The second kappa shape index (κ2) is 12.0. The highest BCUT2D eigenvalue weighted by atomic mass is 35.5. The number of hydrogen-bond donors (Lipinski definition) is 3. The second-order valence-electron chi connectivity index (χ2n) is 8.41. The van der Waals surface area contributed by atoms with Gasteiger partial charge in [-0.15, -0.1) is 22.6 Å². The van der Waals surface area contributed by atoms with Crippen molar-refractivity contribution in [2.24, 2.45) is 5.10 Å². The second-order valence-corrected chi connectivity index (χ2v) is 8.41. The lowest BCUT2D eigenvalue weighted by molar-refractivity contribution is 0.121. The number of nitrogens with zero attached hydrogens (tertiary/aromatic N) is 9. The number of nitrogens with one attached hydrogen (secondary N) is 2. The number of rotatable bonds is 7. The molecule has 14 nitrogen and oxygen atoms in total. The average molecular weight is 531 g/mol. The zero-order chi connectivity index (χ0) is 24.9. The van der Waals surface area contributed by atoms with E-state index in [1.54, 1.807) is 6.92 Å². The molecule has 2 fully saturated rings. The van der Waals surface area contributed by atoms with Gasteiger partial charge in [-0.1, -0.05) is 12.1 Å². The van der Waals surface area contributed by atoms with Gasteiger partial charge in [0, 0.05) is 31.9 Å². The van der Waals surface area contributed by atoms with E-state index >= 15 is 0 Å². The van der Waals surface area contributed by atoms with Crippen LogP contribution >= 0.6 is 12.4 Å². The standard InChI is InChI=1S/C22H30N12O2.ClH/c1-15(28-30-22-31-29-16(2)34(22)23)17-3-5-18(6-4-17)24-19-25-20(32-7-11-35-12-8-32)27-21(26-19)33-9-13-36-14-10-33;/h3-6H,7-14,23H2,1-2H3,(H,30,31)(H,24,25,26,27);1H. The lowest BCUT2D eigenvalue weighted by Crippen LogP contribution is -2.40.